The van der Waals surface area contributed by atoms with Gasteiger partial charge in [-0.2, -0.15) is 0 Å². The highest BCUT2D eigenvalue weighted by molar-refractivity contribution is 5.82. The van der Waals surface area contributed by atoms with Crippen molar-refractivity contribution in [3.63, 3.8) is 0 Å². The standard InChI is InChI=1S/C13H23N3O2/c1-14-13(5-3-2-4-6-13)8-12(18)16-10-7-11(17)15-9-10/h10,14H,2-9H2,1H3,(H,15,17)(H,16,18). The van der Waals surface area contributed by atoms with Crippen molar-refractivity contribution in [2.24, 2.45) is 0 Å². The van der Waals surface area contributed by atoms with Gasteiger partial charge >= 0.3 is 0 Å². The highest BCUT2D eigenvalue weighted by atomic mass is 16.2. The summed E-state index contributed by atoms with van der Waals surface area (Å²) in [5.41, 5.74) is -0.0294. The Balaban J connectivity index is 1.83. The first-order chi connectivity index (χ1) is 8.63. The Kier molecular flexibility index (Phi) is 4.22. The quantitative estimate of drug-likeness (QED) is 0.675. The Bertz CT molecular complexity index is 324. The van der Waals surface area contributed by atoms with Crippen LogP contribution in [0.3, 0.4) is 0 Å². The Hall–Kier alpha value is -1.10. The lowest BCUT2D eigenvalue weighted by molar-refractivity contribution is -0.123. The van der Waals surface area contributed by atoms with Crippen LogP contribution in [0.5, 0.6) is 0 Å². The van der Waals surface area contributed by atoms with Gasteiger partial charge in [0.05, 0.1) is 6.04 Å². The molecule has 0 spiro atoms. The van der Waals surface area contributed by atoms with Crippen LogP contribution >= 0.6 is 0 Å². The molecule has 0 aromatic carbocycles. The summed E-state index contributed by atoms with van der Waals surface area (Å²) in [5.74, 6) is 0.0917. The molecule has 0 aromatic rings. The molecular weight excluding hydrogens is 230 g/mol. The number of carbonyl (C=O) groups excluding carboxylic acids is 2. The first kappa shape index (κ1) is 13.3. The van der Waals surface area contributed by atoms with Gasteiger partial charge in [-0.05, 0) is 19.9 Å². The molecule has 1 aliphatic carbocycles. The largest absolute Gasteiger partial charge is 0.354 e. The Morgan fingerprint density at radius 1 is 1.39 bits per heavy atom. The number of hydrogen-bond donors (Lipinski definition) is 3. The first-order valence-corrected chi connectivity index (χ1v) is 6.88. The zero-order valence-electron chi connectivity index (χ0n) is 11.1. The van der Waals surface area contributed by atoms with Crippen molar-refractivity contribution in [3.05, 3.63) is 0 Å². The number of carbonyl (C=O) groups is 2. The topological polar surface area (TPSA) is 70.2 Å². The van der Waals surface area contributed by atoms with Crippen molar-refractivity contribution in [3.8, 4) is 0 Å². The van der Waals surface area contributed by atoms with E-state index in [1.165, 1.54) is 19.3 Å². The molecule has 1 aliphatic heterocycles. The van der Waals surface area contributed by atoms with E-state index in [2.05, 4.69) is 16.0 Å². The molecule has 2 fully saturated rings. The van der Waals surface area contributed by atoms with Gasteiger partial charge in [-0.1, -0.05) is 19.3 Å². The van der Waals surface area contributed by atoms with Gasteiger partial charge in [-0.25, -0.2) is 0 Å². The van der Waals surface area contributed by atoms with Gasteiger partial charge in [0.2, 0.25) is 11.8 Å². The highest BCUT2D eigenvalue weighted by Crippen LogP contribution is 2.30. The summed E-state index contributed by atoms with van der Waals surface area (Å²) < 4.78 is 0. The number of hydrogen-bond acceptors (Lipinski definition) is 3. The average Bonchev–Trinajstić information content (AvgIpc) is 2.75. The van der Waals surface area contributed by atoms with E-state index in [0.29, 0.717) is 19.4 Å². The molecule has 2 rings (SSSR count). The summed E-state index contributed by atoms with van der Waals surface area (Å²) in [5, 5.41) is 9.02. The van der Waals surface area contributed by atoms with Crippen LogP contribution in [0.1, 0.15) is 44.9 Å². The van der Waals surface area contributed by atoms with Gasteiger partial charge in [0.25, 0.3) is 0 Å². The third-order valence-corrected chi connectivity index (χ3v) is 4.18. The molecule has 5 nitrogen and oxygen atoms in total. The molecule has 102 valence electrons. The molecular formula is C13H23N3O2. The number of rotatable bonds is 4. The number of nitrogens with one attached hydrogen (secondary N) is 3. The smallest absolute Gasteiger partial charge is 0.222 e. The van der Waals surface area contributed by atoms with Crippen molar-refractivity contribution >= 4 is 11.8 Å². The number of amides is 2. The fourth-order valence-corrected chi connectivity index (χ4v) is 3.04. The van der Waals surface area contributed by atoms with Crippen LogP contribution in [0.4, 0.5) is 0 Å². The highest BCUT2D eigenvalue weighted by Gasteiger charge is 2.33. The Labute approximate surface area is 108 Å². The summed E-state index contributed by atoms with van der Waals surface area (Å²) in [7, 11) is 1.94. The fourth-order valence-electron chi connectivity index (χ4n) is 3.04. The summed E-state index contributed by atoms with van der Waals surface area (Å²) in [6.45, 7) is 0.567. The lowest BCUT2D eigenvalue weighted by atomic mass is 9.79. The van der Waals surface area contributed by atoms with Crippen molar-refractivity contribution < 1.29 is 9.59 Å². The molecule has 0 aromatic heterocycles. The van der Waals surface area contributed by atoms with Gasteiger partial charge in [0, 0.05) is 24.9 Å². The molecule has 18 heavy (non-hydrogen) atoms. The van der Waals surface area contributed by atoms with Crippen LogP contribution < -0.4 is 16.0 Å². The second-order valence-corrected chi connectivity index (χ2v) is 5.54. The summed E-state index contributed by atoms with van der Waals surface area (Å²) >= 11 is 0. The second kappa shape index (κ2) is 5.69. The molecule has 2 aliphatic rings. The van der Waals surface area contributed by atoms with Crippen LogP contribution in [-0.2, 0) is 9.59 Å². The molecule has 3 N–H and O–H groups in total. The van der Waals surface area contributed by atoms with Crippen LogP contribution in [0.15, 0.2) is 0 Å². The third-order valence-electron chi connectivity index (χ3n) is 4.18. The normalized spacial score (nSPS) is 26.7. The minimum absolute atomic E-state index is 0.0255. The Morgan fingerprint density at radius 2 is 2.11 bits per heavy atom. The van der Waals surface area contributed by atoms with Crippen LogP contribution in [0, 0.1) is 0 Å². The molecule has 0 bridgehead atoms. The SMILES string of the molecule is CNC1(CC(=O)NC2CNC(=O)C2)CCCCC1. The maximum atomic E-state index is 12.0. The molecule has 1 saturated carbocycles. The van der Waals surface area contributed by atoms with Gasteiger partial charge in [-0.3, -0.25) is 9.59 Å². The van der Waals surface area contributed by atoms with Crippen molar-refractivity contribution in [1.29, 1.82) is 0 Å². The van der Waals surface area contributed by atoms with E-state index >= 15 is 0 Å². The molecule has 1 atom stereocenters. The van der Waals surface area contributed by atoms with Crippen LogP contribution in [0.2, 0.25) is 0 Å². The molecule has 1 saturated heterocycles. The van der Waals surface area contributed by atoms with Gasteiger partial charge < -0.3 is 16.0 Å². The van der Waals surface area contributed by atoms with E-state index in [4.69, 9.17) is 0 Å². The van der Waals surface area contributed by atoms with E-state index in [1.807, 2.05) is 7.05 Å². The molecule has 1 heterocycles. The maximum absolute atomic E-state index is 12.0. The molecule has 2 amide bonds. The minimum Gasteiger partial charge on any atom is -0.354 e. The van der Waals surface area contributed by atoms with E-state index in [1.54, 1.807) is 0 Å². The third kappa shape index (κ3) is 3.22. The predicted octanol–water partition coefficient (Wildman–Crippen LogP) is 0.303. The Morgan fingerprint density at radius 3 is 2.67 bits per heavy atom. The minimum atomic E-state index is -0.0294. The molecule has 5 heteroatoms. The lowest BCUT2D eigenvalue weighted by Gasteiger charge is -2.36. The summed E-state index contributed by atoms with van der Waals surface area (Å²) in [6.07, 6.45) is 6.73. The lowest BCUT2D eigenvalue weighted by Crippen LogP contribution is -2.49. The summed E-state index contributed by atoms with van der Waals surface area (Å²) in [6, 6.07) is -0.0255. The van der Waals surface area contributed by atoms with Gasteiger partial charge in [0.1, 0.15) is 0 Å². The van der Waals surface area contributed by atoms with E-state index in [9.17, 15) is 9.59 Å². The fraction of sp³-hybridized carbons (Fsp3) is 0.846. The van der Waals surface area contributed by atoms with Gasteiger partial charge in [-0.15, -0.1) is 0 Å². The van der Waals surface area contributed by atoms with Crippen LogP contribution in [0.25, 0.3) is 0 Å². The first-order valence-electron chi connectivity index (χ1n) is 6.88. The summed E-state index contributed by atoms with van der Waals surface area (Å²) in [4.78, 5) is 23.1. The van der Waals surface area contributed by atoms with E-state index in [-0.39, 0.29) is 23.4 Å². The maximum Gasteiger partial charge on any atom is 0.222 e. The zero-order chi connectivity index (χ0) is 13.0. The van der Waals surface area contributed by atoms with Crippen molar-refractivity contribution in [2.75, 3.05) is 13.6 Å². The molecule has 1 unspecified atom stereocenters. The second-order valence-electron chi connectivity index (χ2n) is 5.54. The van der Waals surface area contributed by atoms with Crippen molar-refractivity contribution in [2.45, 2.75) is 56.5 Å². The van der Waals surface area contributed by atoms with E-state index < -0.39 is 0 Å². The monoisotopic (exact) mass is 253 g/mol. The molecule has 0 radical (unpaired) electrons. The van der Waals surface area contributed by atoms with Crippen LogP contribution in [-0.4, -0.2) is 37.0 Å². The average molecular weight is 253 g/mol. The predicted molar refractivity (Wildman–Crippen MR) is 69.1 cm³/mol. The zero-order valence-corrected chi connectivity index (χ0v) is 11.1. The van der Waals surface area contributed by atoms with Gasteiger partial charge in [0.15, 0.2) is 0 Å². The van der Waals surface area contributed by atoms with E-state index in [0.717, 1.165) is 12.8 Å². The van der Waals surface area contributed by atoms with Crippen molar-refractivity contribution in [1.82, 2.24) is 16.0 Å².